The van der Waals surface area contributed by atoms with Crippen LogP contribution >= 0.6 is 9.90 Å². The third-order valence-electron chi connectivity index (χ3n) is 1.26. The first-order chi connectivity index (χ1) is 5.41. The van der Waals surface area contributed by atoms with Crippen LogP contribution < -0.4 is 0 Å². The maximum absolute atomic E-state index is 4.70. The van der Waals surface area contributed by atoms with E-state index in [2.05, 4.69) is 18.9 Å². The Kier molecular flexibility index (Phi) is 17.1. The van der Waals surface area contributed by atoms with Crippen LogP contribution in [0, 0.1) is 0 Å². The second-order valence-corrected chi connectivity index (χ2v) is 2.42. The predicted octanol–water partition coefficient (Wildman–Crippen LogP) is 2.52. The van der Waals surface area contributed by atoms with Crippen molar-refractivity contribution in [3.8, 4) is 0 Å². The number of hydrogen-bond acceptors (Lipinski definition) is 3. The minimum absolute atomic E-state index is 0. The summed E-state index contributed by atoms with van der Waals surface area (Å²) in [5.41, 5.74) is 0. The molecule has 0 heterocycles. The Morgan fingerprint density at radius 2 is 1.25 bits per heavy atom. The summed E-state index contributed by atoms with van der Waals surface area (Å²) in [5, 5.41) is 4.44. The molecule has 0 aliphatic carbocycles. The average Bonchev–Trinajstić information content (AvgIpc) is 2.03. The summed E-state index contributed by atoms with van der Waals surface area (Å²) in [6, 6.07) is 0. The second-order valence-electron chi connectivity index (χ2n) is 2.42. The first kappa shape index (κ1) is 14.8. The van der Waals surface area contributed by atoms with E-state index in [1.165, 1.54) is 0 Å². The lowest BCUT2D eigenvalue weighted by Gasteiger charge is -2.00. The summed E-state index contributed by atoms with van der Waals surface area (Å²) in [5.74, 6) is 0. The third kappa shape index (κ3) is 12.9. The van der Waals surface area contributed by atoms with Crippen LogP contribution in [0.3, 0.4) is 0 Å². The van der Waals surface area contributed by atoms with Crippen LogP contribution in [0.15, 0.2) is 0 Å². The number of unbranched alkanes of at least 4 members (excludes halogenated alkanes) is 2. The normalized spacial score (nSPS) is 9.50. The Labute approximate surface area is 78.2 Å². The van der Waals surface area contributed by atoms with E-state index in [0.717, 1.165) is 25.7 Å². The van der Waals surface area contributed by atoms with Gasteiger partial charge >= 0.3 is 0 Å². The van der Waals surface area contributed by atoms with Gasteiger partial charge in [0.15, 0.2) is 0 Å². The van der Waals surface area contributed by atoms with Gasteiger partial charge in [0.25, 0.3) is 0 Å². The predicted molar refractivity (Wildman–Crippen MR) is 53.9 cm³/mol. The summed E-state index contributed by atoms with van der Waals surface area (Å²) < 4.78 is 0. The van der Waals surface area contributed by atoms with Crippen molar-refractivity contribution in [2.75, 3.05) is 13.2 Å². The molecule has 0 rings (SSSR count). The molecule has 0 aromatic carbocycles. The summed E-state index contributed by atoms with van der Waals surface area (Å²) >= 11 is 0. The molecule has 0 fully saturated rings. The maximum Gasteiger partial charge on any atom is 0.0853 e. The van der Waals surface area contributed by atoms with E-state index in [1.807, 2.05) is 0 Å². The highest BCUT2D eigenvalue weighted by Gasteiger charge is 1.88. The van der Waals surface area contributed by atoms with Crippen LogP contribution in [0.25, 0.3) is 0 Å². The molecule has 1 atom stereocenters. The fourth-order valence-corrected chi connectivity index (χ4v) is 0.509. The van der Waals surface area contributed by atoms with E-state index in [-0.39, 0.29) is 9.90 Å². The van der Waals surface area contributed by atoms with Crippen molar-refractivity contribution >= 4 is 9.90 Å². The van der Waals surface area contributed by atoms with Gasteiger partial charge in [-0.25, -0.2) is 9.78 Å². The molecule has 0 saturated heterocycles. The van der Waals surface area contributed by atoms with E-state index in [1.54, 1.807) is 0 Å². The minimum Gasteiger partial charge on any atom is -0.206 e. The highest BCUT2D eigenvalue weighted by molar-refractivity contribution is 6.92. The van der Waals surface area contributed by atoms with Gasteiger partial charge in [0.05, 0.1) is 13.2 Å². The zero-order valence-corrected chi connectivity index (χ0v) is 9.59. The molecule has 76 valence electrons. The maximum atomic E-state index is 4.70. The zero-order chi connectivity index (χ0) is 8.36. The molecule has 0 radical (unpaired) electrons. The lowest BCUT2D eigenvalue weighted by molar-refractivity contribution is -0.512. The monoisotopic (exact) mass is 196 g/mol. The van der Waals surface area contributed by atoms with Gasteiger partial charge in [0.2, 0.25) is 0 Å². The Morgan fingerprint density at radius 3 is 1.58 bits per heavy atom. The standard InChI is InChI=1S/C8H18O3.H3P/c1-3-5-7-9-11-10-8-6-4-2;/h3-8H2,1-2H3;1H3. The lowest BCUT2D eigenvalue weighted by Crippen LogP contribution is -1.99. The van der Waals surface area contributed by atoms with Gasteiger partial charge in [-0.2, -0.15) is 9.90 Å². The second kappa shape index (κ2) is 13.9. The van der Waals surface area contributed by atoms with E-state index >= 15 is 0 Å². The van der Waals surface area contributed by atoms with Gasteiger partial charge in [0, 0.05) is 0 Å². The van der Waals surface area contributed by atoms with Crippen molar-refractivity contribution in [1.29, 1.82) is 0 Å². The molecule has 0 aliphatic heterocycles. The van der Waals surface area contributed by atoms with Crippen molar-refractivity contribution in [3.63, 3.8) is 0 Å². The third-order valence-corrected chi connectivity index (χ3v) is 1.26. The molecule has 1 unspecified atom stereocenters. The van der Waals surface area contributed by atoms with Crippen LogP contribution in [0.2, 0.25) is 0 Å². The first-order valence-electron chi connectivity index (χ1n) is 4.32. The lowest BCUT2D eigenvalue weighted by atomic mass is 10.4. The van der Waals surface area contributed by atoms with Crippen LogP contribution in [0.4, 0.5) is 0 Å². The van der Waals surface area contributed by atoms with Gasteiger partial charge in [-0.05, 0) is 12.8 Å². The molecule has 0 aliphatic rings. The fourth-order valence-electron chi connectivity index (χ4n) is 0.509. The smallest absolute Gasteiger partial charge is 0.0853 e. The molecule has 0 aromatic rings. The Bertz CT molecular complexity index is 63.3. The largest absolute Gasteiger partial charge is 0.206 e. The highest BCUT2D eigenvalue weighted by Crippen LogP contribution is 1.92. The molecular weight excluding hydrogens is 175 g/mol. The summed E-state index contributed by atoms with van der Waals surface area (Å²) in [4.78, 5) is 9.40. The molecule has 0 bridgehead atoms. The van der Waals surface area contributed by atoms with Gasteiger partial charge in [-0.15, -0.1) is 0 Å². The quantitative estimate of drug-likeness (QED) is 0.258. The van der Waals surface area contributed by atoms with E-state index in [0.29, 0.717) is 13.2 Å². The topological polar surface area (TPSA) is 27.7 Å². The molecule has 0 N–H and O–H groups in total. The summed E-state index contributed by atoms with van der Waals surface area (Å²) in [6.07, 6.45) is 4.24. The van der Waals surface area contributed by atoms with E-state index < -0.39 is 0 Å². The first-order valence-corrected chi connectivity index (χ1v) is 4.32. The van der Waals surface area contributed by atoms with Crippen LogP contribution in [0.1, 0.15) is 39.5 Å². The van der Waals surface area contributed by atoms with Gasteiger partial charge in [-0.3, -0.25) is 0 Å². The molecular formula is C8H21O3P. The van der Waals surface area contributed by atoms with Gasteiger partial charge < -0.3 is 0 Å². The molecule has 4 heteroatoms. The van der Waals surface area contributed by atoms with Crippen LogP contribution in [-0.4, -0.2) is 13.2 Å². The molecule has 0 amide bonds. The Hall–Kier alpha value is 0.310. The number of rotatable bonds is 8. The van der Waals surface area contributed by atoms with Crippen molar-refractivity contribution in [2.45, 2.75) is 39.5 Å². The Morgan fingerprint density at radius 1 is 0.833 bits per heavy atom. The van der Waals surface area contributed by atoms with Gasteiger partial charge in [-0.1, -0.05) is 31.7 Å². The van der Waals surface area contributed by atoms with Crippen LogP contribution in [-0.2, 0) is 14.8 Å². The van der Waals surface area contributed by atoms with Crippen LogP contribution in [0.5, 0.6) is 0 Å². The molecule has 3 nitrogen and oxygen atoms in total. The van der Waals surface area contributed by atoms with Crippen molar-refractivity contribution in [1.82, 2.24) is 0 Å². The average molecular weight is 196 g/mol. The molecule has 0 aromatic heterocycles. The van der Waals surface area contributed by atoms with E-state index in [9.17, 15) is 0 Å². The van der Waals surface area contributed by atoms with Gasteiger partial charge in [0.1, 0.15) is 0 Å². The molecule has 12 heavy (non-hydrogen) atoms. The number of hydrogen-bond donors (Lipinski definition) is 0. The van der Waals surface area contributed by atoms with Crippen molar-refractivity contribution in [3.05, 3.63) is 0 Å². The summed E-state index contributed by atoms with van der Waals surface area (Å²) in [7, 11) is 0. The molecule has 0 saturated carbocycles. The van der Waals surface area contributed by atoms with Crippen molar-refractivity contribution in [2.24, 2.45) is 0 Å². The zero-order valence-electron chi connectivity index (χ0n) is 8.17. The summed E-state index contributed by atoms with van der Waals surface area (Å²) in [6.45, 7) is 5.42. The Balaban J connectivity index is 0. The highest BCUT2D eigenvalue weighted by atomic mass is 31.0. The minimum atomic E-state index is 0. The fraction of sp³-hybridized carbons (Fsp3) is 1.00. The SMILES string of the molecule is CCCCOOOCCCC.P. The molecule has 0 spiro atoms. The van der Waals surface area contributed by atoms with E-state index in [4.69, 9.17) is 9.78 Å². The van der Waals surface area contributed by atoms with Crippen molar-refractivity contribution < 1.29 is 14.8 Å².